The van der Waals surface area contributed by atoms with E-state index in [4.69, 9.17) is 9.40 Å². The molecule has 2 heteroatoms. The van der Waals surface area contributed by atoms with Crippen molar-refractivity contribution in [1.82, 2.24) is 4.98 Å². The van der Waals surface area contributed by atoms with Crippen LogP contribution in [0.1, 0.15) is 0 Å². The zero-order valence-electron chi connectivity index (χ0n) is 23.4. The molecule has 0 amide bonds. The van der Waals surface area contributed by atoms with Crippen LogP contribution in [0.2, 0.25) is 0 Å². The number of nitrogens with zero attached hydrogens (tertiary/aromatic N) is 1. The maximum absolute atomic E-state index is 6.17. The number of furan rings is 1. The first kappa shape index (κ1) is 25.0. The minimum atomic E-state index is 0.907. The van der Waals surface area contributed by atoms with E-state index in [1.165, 1.54) is 5.56 Å². The van der Waals surface area contributed by atoms with Gasteiger partial charge in [-0.05, 0) is 75.8 Å². The molecule has 8 rings (SSSR count). The highest BCUT2D eigenvalue weighted by Crippen LogP contribution is 2.35. The Morgan fingerprint density at radius 2 is 0.814 bits per heavy atom. The molecule has 6 aromatic carbocycles. The summed E-state index contributed by atoms with van der Waals surface area (Å²) in [6, 6.07) is 57.4. The molecule has 0 spiro atoms. The van der Waals surface area contributed by atoms with E-state index >= 15 is 0 Å². The van der Waals surface area contributed by atoms with E-state index in [9.17, 15) is 0 Å². The predicted octanol–water partition coefficient (Wildman–Crippen LogP) is 11.3. The summed E-state index contributed by atoms with van der Waals surface area (Å²) in [5, 5.41) is 2.29. The Kier molecular flexibility index (Phi) is 6.16. The molecule has 2 aromatic heterocycles. The summed E-state index contributed by atoms with van der Waals surface area (Å²) in [5.41, 5.74) is 12.8. The zero-order valence-corrected chi connectivity index (χ0v) is 23.4. The van der Waals surface area contributed by atoms with Gasteiger partial charge in [-0.15, -0.1) is 0 Å². The van der Waals surface area contributed by atoms with Gasteiger partial charge in [0.15, 0.2) is 0 Å². The Morgan fingerprint density at radius 3 is 1.53 bits per heavy atom. The van der Waals surface area contributed by atoms with Gasteiger partial charge in [0.05, 0.1) is 11.4 Å². The monoisotopic (exact) mass is 549 g/mol. The second-order valence-electron chi connectivity index (χ2n) is 10.8. The van der Waals surface area contributed by atoms with Crippen LogP contribution in [0, 0.1) is 0 Å². The molecule has 0 radical (unpaired) electrons. The molecule has 0 aliphatic rings. The summed E-state index contributed by atoms with van der Waals surface area (Å²) in [4.78, 5) is 5.14. The molecule has 43 heavy (non-hydrogen) atoms. The normalized spacial score (nSPS) is 11.3. The van der Waals surface area contributed by atoms with Gasteiger partial charge in [-0.3, -0.25) is 0 Å². The minimum absolute atomic E-state index is 0.907. The van der Waals surface area contributed by atoms with Crippen molar-refractivity contribution in [3.05, 3.63) is 164 Å². The molecule has 0 aliphatic heterocycles. The molecule has 0 aliphatic carbocycles. The number of hydrogen-bond donors (Lipinski definition) is 0. The van der Waals surface area contributed by atoms with Crippen molar-refractivity contribution in [2.24, 2.45) is 0 Å². The standard InChI is InChI=1S/C41H27NO/c1-3-11-28(12-4-1)35-25-38(29-13-5-2-6-14-29)42-39(26-35)34-18-10-17-32(24-34)30-15-9-16-31(23-30)33-21-22-37-36-19-7-8-20-40(36)43-41(37)27-33/h1-27H. The van der Waals surface area contributed by atoms with Gasteiger partial charge >= 0.3 is 0 Å². The first-order valence-corrected chi connectivity index (χ1v) is 14.5. The maximum Gasteiger partial charge on any atom is 0.136 e. The molecule has 202 valence electrons. The van der Waals surface area contributed by atoms with E-state index in [1.54, 1.807) is 0 Å². The highest BCUT2D eigenvalue weighted by Gasteiger charge is 2.12. The molecular weight excluding hydrogens is 522 g/mol. The van der Waals surface area contributed by atoms with Gasteiger partial charge in [-0.2, -0.15) is 0 Å². The number of para-hydroxylation sites is 1. The van der Waals surface area contributed by atoms with Gasteiger partial charge < -0.3 is 4.42 Å². The highest BCUT2D eigenvalue weighted by molar-refractivity contribution is 6.05. The van der Waals surface area contributed by atoms with Crippen LogP contribution in [0.5, 0.6) is 0 Å². The van der Waals surface area contributed by atoms with E-state index in [2.05, 4.69) is 146 Å². The maximum atomic E-state index is 6.17. The largest absolute Gasteiger partial charge is 0.456 e. The Bertz CT molecular complexity index is 2170. The van der Waals surface area contributed by atoms with E-state index in [0.29, 0.717) is 0 Å². The molecule has 0 atom stereocenters. The summed E-state index contributed by atoms with van der Waals surface area (Å²) in [6.07, 6.45) is 0. The minimum Gasteiger partial charge on any atom is -0.456 e. The average molecular weight is 550 g/mol. The molecule has 0 unspecified atom stereocenters. The van der Waals surface area contributed by atoms with Crippen LogP contribution in [0.4, 0.5) is 0 Å². The first-order chi connectivity index (χ1) is 21.3. The van der Waals surface area contributed by atoms with E-state index in [-0.39, 0.29) is 0 Å². The Labute approximate surface area is 250 Å². The summed E-state index contributed by atoms with van der Waals surface area (Å²) in [7, 11) is 0. The predicted molar refractivity (Wildman–Crippen MR) is 179 cm³/mol. The quantitative estimate of drug-likeness (QED) is 0.213. The van der Waals surface area contributed by atoms with E-state index < -0.39 is 0 Å². The van der Waals surface area contributed by atoms with Crippen LogP contribution in [-0.2, 0) is 0 Å². The molecule has 8 aromatic rings. The van der Waals surface area contributed by atoms with Crippen molar-refractivity contribution in [3.8, 4) is 55.9 Å². The SMILES string of the molecule is c1ccc(-c2cc(-c3ccccc3)nc(-c3cccc(-c4cccc(-c5ccc6c(c5)oc5ccccc56)c4)c3)c2)cc1. The molecule has 0 N–H and O–H groups in total. The van der Waals surface area contributed by atoms with Crippen LogP contribution >= 0.6 is 0 Å². The first-order valence-electron chi connectivity index (χ1n) is 14.5. The fraction of sp³-hybridized carbons (Fsp3) is 0. The Balaban J connectivity index is 1.19. The van der Waals surface area contributed by atoms with Gasteiger partial charge in [0.2, 0.25) is 0 Å². The van der Waals surface area contributed by atoms with Crippen LogP contribution < -0.4 is 0 Å². The van der Waals surface area contributed by atoms with Gasteiger partial charge in [-0.1, -0.05) is 121 Å². The van der Waals surface area contributed by atoms with Crippen LogP contribution in [0.3, 0.4) is 0 Å². The fourth-order valence-corrected chi connectivity index (χ4v) is 5.87. The number of rotatable bonds is 5. The Morgan fingerprint density at radius 1 is 0.302 bits per heavy atom. The van der Waals surface area contributed by atoms with Crippen LogP contribution in [0.25, 0.3) is 77.8 Å². The van der Waals surface area contributed by atoms with E-state index in [0.717, 1.165) is 72.3 Å². The van der Waals surface area contributed by atoms with E-state index in [1.807, 2.05) is 18.2 Å². The molecule has 2 nitrogen and oxygen atoms in total. The zero-order chi connectivity index (χ0) is 28.6. The third-order valence-corrected chi connectivity index (χ3v) is 8.07. The van der Waals surface area contributed by atoms with Crippen molar-refractivity contribution < 1.29 is 4.42 Å². The van der Waals surface area contributed by atoms with Crippen molar-refractivity contribution in [2.75, 3.05) is 0 Å². The molecular formula is C41H27NO. The van der Waals surface area contributed by atoms with Gasteiger partial charge in [0, 0.05) is 21.9 Å². The number of aromatic nitrogens is 1. The van der Waals surface area contributed by atoms with Gasteiger partial charge in [0.1, 0.15) is 11.2 Å². The molecule has 0 bridgehead atoms. The number of pyridine rings is 1. The molecule has 0 saturated heterocycles. The second-order valence-corrected chi connectivity index (χ2v) is 10.8. The smallest absolute Gasteiger partial charge is 0.136 e. The van der Waals surface area contributed by atoms with Gasteiger partial charge in [0.25, 0.3) is 0 Å². The lowest BCUT2D eigenvalue weighted by Gasteiger charge is -2.12. The molecule has 0 fully saturated rings. The number of benzene rings is 6. The summed E-state index contributed by atoms with van der Waals surface area (Å²) < 4.78 is 6.17. The molecule has 2 heterocycles. The van der Waals surface area contributed by atoms with Crippen molar-refractivity contribution >= 4 is 21.9 Å². The third-order valence-electron chi connectivity index (χ3n) is 8.07. The topological polar surface area (TPSA) is 26.0 Å². The van der Waals surface area contributed by atoms with Crippen LogP contribution in [-0.4, -0.2) is 4.98 Å². The lowest BCUT2D eigenvalue weighted by Crippen LogP contribution is -1.91. The lowest BCUT2D eigenvalue weighted by molar-refractivity contribution is 0.669. The average Bonchev–Trinajstić information content (AvgIpc) is 3.47. The molecule has 0 saturated carbocycles. The highest BCUT2D eigenvalue weighted by atomic mass is 16.3. The summed E-state index contributed by atoms with van der Waals surface area (Å²) >= 11 is 0. The van der Waals surface area contributed by atoms with Crippen LogP contribution in [0.15, 0.2) is 168 Å². The van der Waals surface area contributed by atoms with Crippen molar-refractivity contribution in [2.45, 2.75) is 0 Å². The lowest BCUT2D eigenvalue weighted by atomic mass is 9.96. The van der Waals surface area contributed by atoms with Crippen molar-refractivity contribution in [3.63, 3.8) is 0 Å². The van der Waals surface area contributed by atoms with Crippen molar-refractivity contribution in [1.29, 1.82) is 0 Å². The fourth-order valence-electron chi connectivity index (χ4n) is 5.87. The van der Waals surface area contributed by atoms with Gasteiger partial charge in [-0.25, -0.2) is 4.98 Å². The third kappa shape index (κ3) is 4.79. The number of fused-ring (bicyclic) bond motifs is 3. The number of hydrogen-bond acceptors (Lipinski definition) is 2. The summed E-state index contributed by atoms with van der Waals surface area (Å²) in [6.45, 7) is 0. The Hall–Kier alpha value is -5.73. The summed E-state index contributed by atoms with van der Waals surface area (Å²) in [5.74, 6) is 0. The second kappa shape index (κ2) is 10.6.